The quantitative estimate of drug-likeness (QED) is 0.657. The highest BCUT2D eigenvalue weighted by atomic mass is 32.1. The monoisotopic (exact) mass is 261 g/mol. The largest absolute Gasteiger partial charge is 0.389 e. The summed E-state index contributed by atoms with van der Waals surface area (Å²) in [5.74, 6) is 0. The van der Waals surface area contributed by atoms with Crippen molar-refractivity contribution in [3.63, 3.8) is 0 Å². The van der Waals surface area contributed by atoms with Crippen LogP contribution in [0.2, 0.25) is 0 Å². The van der Waals surface area contributed by atoms with Crippen molar-refractivity contribution < 1.29 is 5.11 Å². The molecule has 0 atom stereocenters. The first kappa shape index (κ1) is 11.2. The molecule has 92 valence electrons. The summed E-state index contributed by atoms with van der Waals surface area (Å²) in [6.07, 6.45) is 0. The minimum absolute atomic E-state index is 0.0469. The lowest BCUT2D eigenvalue weighted by Gasteiger charge is -1.98. The average molecular weight is 261 g/mol. The van der Waals surface area contributed by atoms with Gasteiger partial charge in [0.2, 0.25) is 0 Å². The number of aromatic amines is 2. The van der Waals surface area contributed by atoms with Crippen LogP contribution in [0.1, 0.15) is 9.88 Å². The topological polar surface area (TPSA) is 81.8 Å². The highest BCUT2D eigenvalue weighted by Crippen LogP contribution is 2.28. The summed E-state index contributed by atoms with van der Waals surface area (Å²) in [4.78, 5) is 22.1. The van der Waals surface area contributed by atoms with Gasteiger partial charge < -0.3 is 15.1 Å². The Kier molecular flexibility index (Phi) is 2.53. The molecule has 2 heterocycles. The van der Waals surface area contributed by atoms with E-state index in [0.717, 1.165) is 27.2 Å². The smallest absolute Gasteiger partial charge is 0.323 e. The molecular formula is C12H11N3O2S. The summed E-state index contributed by atoms with van der Waals surface area (Å²) in [5.41, 5.74) is 3.11. The third kappa shape index (κ3) is 1.75. The van der Waals surface area contributed by atoms with Crippen LogP contribution in [0.3, 0.4) is 0 Å². The van der Waals surface area contributed by atoms with Gasteiger partial charge in [-0.2, -0.15) is 0 Å². The molecule has 0 aliphatic rings. The first-order chi connectivity index (χ1) is 8.67. The van der Waals surface area contributed by atoms with Gasteiger partial charge in [0.05, 0.1) is 23.3 Å². The molecule has 2 aromatic heterocycles. The normalized spacial score (nSPS) is 11.2. The van der Waals surface area contributed by atoms with Crippen molar-refractivity contribution >= 4 is 22.4 Å². The molecule has 0 aliphatic heterocycles. The number of hydrogen-bond donors (Lipinski definition) is 3. The van der Waals surface area contributed by atoms with Gasteiger partial charge in [-0.3, -0.25) is 0 Å². The van der Waals surface area contributed by atoms with E-state index < -0.39 is 0 Å². The Balaban J connectivity index is 2.18. The van der Waals surface area contributed by atoms with Crippen LogP contribution in [0, 0.1) is 6.92 Å². The highest BCUT2D eigenvalue weighted by Gasteiger charge is 2.10. The van der Waals surface area contributed by atoms with Crippen molar-refractivity contribution in [3.8, 4) is 11.3 Å². The Morgan fingerprint density at radius 3 is 2.83 bits per heavy atom. The van der Waals surface area contributed by atoms with Gasteiger partial charge in [0.15, 0.2) is 0 Å². The van der Waals surface area contributed by atoms with E-state index in [4.69, 9.17) is 5.11 Å². The van der Waals surface area contributed by atoms with Gasteiger partial charge in [0.25, 0.3) is 0 Å². The Bertz CT molecular complexity index is 769. The molecule has 0 saturated carbocycles. The maximum Gasteiger partial charge on any atom is 0.323 e. The predicted molar refractivity (Wildman–Crippen MR) is 70.7 cm³/mol. The van der Waals surface area contributed by atoms with Crippen molar-refractivity contribution in [3.05, 3.63) is 38.6 Å². The molecule has 0 saturated heterocycles. The minimum atomic E-state index is -0.215. The molecule has 0 bridgehead atoms. The molecule has 1 aromatic carbocycles. The molecule has 6 heteroatoms. The molecule has 0 unspecified atom stereocenters. The number of aromatic nitrogens is 3. The Morgan fingerprint density at radius 1 is 1.33 bits per heavy atom. The Morgan fingerprint density at radius 2 is 2.11 bits per heavy atom. The lowest BCUT2D eigenvalue weighted by Crippen LogP contribution is -1.99. The minimum Gasteiger partial charge on any atom is -0.389 e. The van der Waals surface area contributed by atoms with Gasteiger partial charge in [-0.05, 0) is 19.1 Å². The van der Waals surface area contributed by atoms with Crippen molar-refractivity contribution in [2.24, 2.45) is 0 Å². The summed E-state index contributed by atoms with van der Waals surface area (Å²) in [6.45, 7) is 1.92. The number of aryl methyl sites for hydroxylation is 1. The second-order valence-electron chi connectivity index (χ2n) is 4.01. The maximum absolute atomic E-state index is 11.2. The summed E-state index contributed by atoms with van der Waals surface area (Å²) in [6, 6.07) is 5.64. The van der Waals surface area contributed by atoms with Crippen LogP contribution in [0.4, 0.5) is 0 Å². The summed E-state index contributed by atoms with van der Waals surface area (Å²) in [5, 5.41) is 9.79. The van der Waals surface area contributed by atoms with Crippen LogP contribution in [0.25, 0.3) is 22.3 Å². The van der Waals surface area contributed by atoms with Crippen molar-refractivity contribution in [1.82, 2.24) is 15.0 Å². The number of aliphatic hydroxyl groups is 1. The van der Waals surface area contributed by atoms with Gasteiger partial charge in [-0.25, -0.2) is 9.78 Å². The third-order valence-electron chi connectivity index (χ3n) is 2.77. The lowest BCUT2D eigenvalue weighted by molar-refractivity contribution is 0.281. The van der Waals surface area contributed by atoms with Gasteiger partial charge >= 0.3 is 5.69 Å². The number of H-pyrrole nitrogens is 2. The zero-order chi connectivity index (χ0) is 12.7. The number of rotatable bonds is 2. The van der Waals surface area contributed by atoms with Crippen molar-refractivity contribution in [1.29, 1.82) is 0 Å². The van der Waals surface area contributed by atoms with E-state index in [1.807, 2.05) is 25.1 Å². The lowest BCUT2D eigenvalue weighted by atomic mass is 10.1. The van der Waals surface area contributed by atoms with Crippen LogP contribution < -0.4 is 5.69 Å². The predicted octanol–water partition coefficient (Wildman–Crippen LogP) is 1.78. The number of aliphatic hydroxyl groups excluding tert-OH is 1. The number of nitrogens with zero attached hydrogens (tertiary/aromatic N) is 1. The van der Waals surface area contributed by atoms with E-state index in [9.17, 15) is 4.79 Å². The summed E-state index contributed by atoms with van der Waals surface area (Å²) < 4.78 is 0. The fraction of sp³-hybridized carbons (Fsp3) is 0.167. The molecule has 0 fully saturated rings. The van der Waals surface area contributed by atoms with Gasteiger partial charge in [-0.1, -0.05) is 6.07 Å². The third-order valence-corrected chi connectivity index (χ3v) is 3.72. The van der Waals surface area contributed by atoms with E-state index >= 15 is 0 Å². The molecule has 0 radical (unpaired) electrons. The molecule has 3 aromatic rings. The molecule has 5 nitrogen and oxygen atoms in total. The van der Waals surface area contributed by atoms with E-state index in [2.05, 4.69) is 15.0 Å². The van der Waals surface area contributed by atoms with Gasteiger partial charge in [0.1, 0.15) is 5.01 Å². The van der Waals surface area contributed by atoms with E-state index in [1.165, 1.54) is 11.3 Å². The molecule has 3 N–H and O–H groups in total. The Hall–Kier alpha value is -1.92. The van der Waals surface area contributed by atoms with Gasteiger partial charge in [-0.15, -0.1) is 11.3 Å². The second-order valence-corrected chi connectivity index (χ2v) is 5.30. The van der Waals surface area contributed by atoms with E-state index in [-0.39, 0.29) is 12.3 Å². The molecule has 3 rings (SSSR count). The first-order valence-electron chi connectivity index (χ1n) is 5.47. The zero-order valence-corrected chi connectivity index (χ0v) is 10.5. The van der Waals surface area contributed by atoms with Gasteiger partial charge in [0, 0.05) is 10.4 Å². The SMILES string of the molecule is Cc1sc(CO)nc1-c1ccc2[nH]c(=O)[nH]c2c1. The second kappa shape index (κ2) is 4.08. The highest BCUT2D eigenvalue weighted by molar-refractivity contribution is 7.12. The van der Waals surface area contributed by atoms with Crippen molar-refractivity contribution in [2.75, 3.05) is 0 Å². The number of fused-ring (bicyclic) bond motifs is 1. The van der Waals surface area contributed by atoms with Crippen LogP contribution in [0.5, 0.6) is 0 Å². The van der Waals surface area contributed by atoms with E-state index in [0.29, 0.717) is 5.01 Å². The standard InChI is InChI=1S/C12H11N3O2S/c1-6-11(15-10(5-16)18-6)7-2-3-8-9(4-7)14-12(17)13-8/h2-4,16H,5H2,1H3,(H2,13,14,17). The van der Waals surface area contributed by atoms with Crippen LogP contribution in [-0.2, 0) is 6.61 Å². The molecule has 0 spiro atoms. The molecule has 0 aliphatic carbocycles. The summed E-state index contributed by atoms with van der Waals surface area (Å²) >= 11 is 1.48. The Labute approximate surface area is 106 Å². The fourth-order valence-corrected chi connectivity index (χ4v) is 2.78. The van der Waals surface area contributed by atoms with Crippen LogP contribution in [-0.4, -0.2) is 20.1 Å². The number of imidazole rings is 1. The fourth-order valence-electron chi connectivity index (χ4n) is 1.97. The number of hydrogen-bond acceptors (Lipinski definition) is 4. The van der Waals surface area contributed by atoms with Crippen LogP contribution in [0.15, 0.2) is 23.0 Å². The van der Waals surface area contributed by atoms with E-state index in [1.54, 1.807) is 0 Å². The maximum atomic E-state index is 11.2. The van der Waals surface area contributed by atoms with Crippen molar-refractivity contribution in [2.45, 2.75) is 13.5 Å². The molecule has 18 heavy (non-hydrogen) atoms. The molecular weight excluding hydrogens is 250 g/mol. The number of benzene rings is 1. The first-order valence-corrected chi connectivity index (χ1v) is 6.28. The van der Waals surface area contributed by atoms with Crippen LogP contribution >= 0.6 is 11.3 Å². The zero-order valence-electron chi connectivity index (χ0n) is 9.65. The average Bonchev–Trinajstić information content (AvgIpc) is 2.89. The molecule has 0 amide bonds. The summed E-state index contributed by atoms with van der Waals surface area (Å²) in [7, 11) is 0. The number of nitrogens with one attached hydrogen (secondary N) is 2. The number of thiazole rings is 1.